The summed E-state index contributed by atoms with van der Waals surface area (Å²) >= 11 is 0. The van der Waals surface area contributed by atoms with E-state index in [1.165, 1.54) is 0 Å². The fourth-order valence-corrected chi connectivity index (χ4v) is 1.73. The molecule has 0 saturated carbocycles. The maximum absolute atomic E-state index is 5.38. The second-order valence-corrected chi connectivity index (χ2v) is 4.24. The lowest BCUT2D eigenvalue weighted by atomic mass is 10.0. The normalized spacial score (nSPS) is 25.5. The van der Waals surface area contributed by atoms with E-state index in [1.54, 1.807) is 6.33 Å². The van der Waals surface area contributed by atoms with Gasteiger partial charge in [0.05, 0.1) is 12.1 Å². The number of aromatic nitrogens is 2. The van der Waals surface area contributed by atoms with E-state index in [-0.39, 0.29) is 5.54 Å². The Morgan fingerprint density at radius 3 is 3.07 bits per heavy atom. The van der Waals surface area contributed by atoms with Crippen molar-refractivity contribution in [1.82, 2.24) is 9.97 Å². The Morgan fingerprint density at radius 2 is 2.40 bits per heavy atom. The van der Waals surface area contributed by atoms with E-state index < -0.39 is 0 Å². The van der Waals surface area contributed by atoms with Crippen molar-refractivity contribution >= 4 is 5.82 Å². The second-order valence-electron chi connectivity index (χ2n) is 4.24. The molecule has 0 radical (unpaired) electrons. The number of hydrogen-bond donors (Lipinski definition) is 1. The van der Waals surface area contributed by atoms with Crippen LogP contribution in [0.1, 0.15) is 26.0 Å². The summed E-state index contributed by atoms with van der Waals surface area (Å²) in [6.45, 7) is 5.83. The second kappa shape index (κ2) is 4.14. The zero-order chi connectivity index (χ0) is 10.7. The van der Waals surface area contributed by atoms with Crippen LogP contribution in [0.2, 0.25) is 0 Å². The lowest BCUT2D eigenvalue weighted by Gasteiger charge is -2.24. The van der Waals surface area contributed by atoms with Gasteiger partial charge < -0.3 is 10.1 Å². The van der Waals surface area contributed by atoms with Gasteiger partial charge in [0.2, 0.25) is 0 Å². The molecular weight excluding hydrogens is 190 g/mol. The molecule has 1 saturated heterocycles. The topological polar surface area (TPSA) is 47.0 Å². The van der Waals surface area contributed by atoms with Crippen molar-refractivity contribution in [2.24, 2.45) is 0 Å². The Hall–Kier alpha value is -1.16. The zero-order valence-electron chi connectivity index (χ0n) is 9.29. The fourth-order valence-electron chi connectivity index (χ4n) is 1.73. The third-order valence-corrected chi connectivity index (χ3v) is 2.73. The molecule has 0 aromatic carbocycles. The van der Waals surface area contributed by atoms with E-state index in [2.05, 4.69) is 29.1 Å². The van der Waals surface area contributed by atoms with Gasteiger partial charge in [0.25, 0.3) is 0 Å². The van der Waals surface area contributed by atoms with Gasteiger partial charge in [0.1, 0.15) is 12.1 Å². The molecule has 1 aromatic rings. The first-order valence-electron chi connectivity index (χ1n) is 5.39. The highest BCUT2D eigenvalue weighted by Gasteiger charge is 2.29. The van der Waals surface area contributed by atoms with Gasteiger partial charge in [-0.25, -0.2) is 9.97 Å². The van der Waals surface area contributed by atoms with Gasteiger partial charge in [-0.05, 0) is 19.8 Å². The van der Waals surface area contributed by atoms with Crippen molar-refractivity contribution in [2.75, 3.05) is 18.5 Å². The minimum absolute atomic E-state index is 0.0271. The van der Waals surface area contributed by atoms with E-state index in [4.69, 9.17) is 4.74 Å². The number of rotatable bonds is 3. The van der Waals surface area contributed by atoms with E-state index in [1.807, 2.05) is 6.07 Å². The highest BCUT2D eigenvalue weighted by Crippen LogP contribution is 2.22. The first kappa shape index (κ1) is 10.4. The molecule has 0 aliphatic carbocycles. The Kier molecular flexibility index (Phi) is 2.86. The van der Waals surface area contributed by atoms with Gasteiger partial charge in [0, 0.05) is 18.4 Å². The number of anilines is 1. The third-order valence-electron chi connectivity index (χ3n) is 2.73. The number of hydrogen-bond acceptors (Lipinski definition) is 4. The Balaban J connectivity index is 2.09. The maximum atomic E-state index is 5.38. The summed E-state index contributed by atoms with van der Waals surface area (Å²) in [5.41, 5.74) is 1.09. The molecule has 1 unspecified atom stereocenters. The van der Waals surface area contributed by atoms with E-state index >= 15 is 0 Å². The van der Waals surface area contributed by atoms with Crippen molar-refractivity contribution in [3.63, 3.8) is 0 Å². The molecule has 82 valence electrons. The summed E-state index contributed by atoms with van der Waals surface area (Å²) in [6, 6.07) is 2.00. The molecule has 1 atom stereocenters. The van der Waals surface area contributed by atoms with Gasteiger partial charge in [-0.15, -0.1) is 0 Å². The molecule has 0 spiro atoms. The predicted molar refractivity (Wildman–Crippen MR) is 58.9 cm³/mol. The average Bonchev–Trinajstić information content (AvgIpc) is 2.65. The minimum Gasteiger partial charge on any atom is -0.379 e. The Morgan fingerprint density at radius 1 is 1.53 bits per heavy atom. The van der Waals surface area contributed by atoms with Crippen LogP contribution < -0.4 is 5.32 Å². The molecule has 1 fully saturated rings. The maximum Gasteiger partial charge on any atom is 0.130 e. The first-order valence-corrected chi connectivity index (χ1v) is 5.39. The van der Waals surface area contributed by atoms with Crippen LogP contribution in [0.25, 0.3) is 0 Å². The number of nitrogens with zero attached hydrogens (tertiary/aromatic N) is 2. The van der Waals surface area contributed by atoms with Crippen LogP contribution in [0.15, 0.2) is 12.4 Å². The van der Waals surface area contributed by atoms with E-state index in [0.29, 0.717) is 0 Å². The van der Waals surface area contributed by atoms with Crippen LogP contribution in [-0.2, 0) is 11.2 Å². The summed E-state index contributed by atoms with van der Waals surface area (Å²) in [5.74, 6) is 0.898. The highest BCUT2D eigenvalue weighted by molar-refractivity contribution is 5.38. The average molecular weight is 207 g/mol. The summed E-state index contributed by atoms with van der Waals surface area (Å²) in [4.78, 5) is 8.39. The molecule has 15 heavy (non-hydrogen) atoms. The molecule has 1 aliphatic rings. The Labute approximate surface area is 90.1 Å². The summed E-state index contributed by atoms with van der Waals surface area (Å²) in [6.07, 6.45) is 3.57. The van der Waals surface area contributed by atoms with E-state index in [0.717, 1.165) is 37.6 Å². The van der Waals surface area contributed by atoms with Crippen LogP contribution in [0, 0.1) is 0 Å². The Bertz CT molecular complexity index is 334. The molecule has 0 amide bonds. The standard InChI is InChI=1S/C11H17N3O/c1-3-9-6-10(13-8-12-9)14-11(2)4-5-15-7-11/h6,8H,3-5,7H2,1-2H3,(H,12,13,14). The van der Waals surface area contributed by atoms with Crippen LogP contribution in [0.4, 0.5) is 5.82 Å². The fraction of sp³-hybridized carbons (Fsp3) is 0.636. The quantitative estimate of drug-likeness (QED) is 0.818. The van der Waals surface area contributed by atoms with Gasteiger partial charge >= 0.3 is 0 Å². The lowest BCUT2D eigenvalue weighted by Crippen LogP contribution is -2.35. The molecule has 1 aromatic heterocycles. The van der Waals surface area contributed by atoms with Gasteiger partial charge in [0.15, 0.2) is 0 Å². The van der Waals surface area contributed by atoms with Crippen LogP contribution in [0.3, 0.4) is 0 Å². The molecule has 0 bridgehead atoms. The molecule has 2 rings (SSSR count). The summed E-state index contributed by atoms with van der Waals surface area (Å²) < 4.78 is 5.38. The van der Waals surface area contributed by atoms with Gasteiger partial charge in [-0.2, -0.15) is 0 Å². The highest BCUT2D eigenvalue weighted by atomic mass is 16.5. The third kappa shape index (κ3) is 2.45. The molecule has 1 N–H and O–H groups in total. The summed E-state index contributed by atoms with van der Waals surface area (Å²) in [5, 5.41) is 3.42. The lowest BCUT2D eigenvalue weighted by molar-refractivity contribution is 0.185. The largest absolute Gasteiger partial charge is 0.379 e. The van der Waals surface area contributed by atoms with Crippen molar-refractivity contribution in [2.45, 2.75) is 32.2 Å². The molecular formula is C11H17N3O. The van der Waals surface area contributed by atoms with Crippen molar-refractivity contribution < 1.29 is 4.74 Å². The van der Waals surface area contributed by atoms with Crippen LogP contribution in [-0.4, -0.2) is 28.7 Å². The van der Waals surface area contributed by atoms with E-state index in [9.17, 15) is 0 Å². The monoisotopic (exact) mass is 207 g/mol. The predicted octanol–water partition coefficient (Wildman–Crippen LogP) is 1.63. The summed E-state index contributed by atoms with van der Waals surface area (Å²) in [7, 11) is 0. The molecule has 2 heterocycles. The van der Waals surface area contributed by atoms with Gasteiger partial charge in [-0.1, -0.05) is 6.92 Å². The minimum atomic E-state index is 0.0271. The van der Waals surface area contributed by atoms with Crippen LogP contribution in [0.5, 0.6) is 0 Å². The smallest absolute Gasteiger partial charge is 0.130 e. The number of aryl methyl sites for hydroxylation is 1. The zero-order valence-corrected chi connectivity index (χ0v) is 9.29. The molecule has 1 aliphatic heterocycles. The number of nitrogens with one attached hydrogen (secondary N) is 1. The van der Waals surface area contributed by atoms with Crippen molar-refractivity contribution in [3.8, 4) is 0 Å². The van der Waals surface area contributed by atoms with Crippen molar-refractivity contribution in [3.05, 3.63) is 18.1 Å². The van der Waals surface area contributed by atoms with Gasteiger partial charge in [-0.3, -0.25) is 0 Å². The number of ether oxygens (including phenoxy) is 1. The molecule has 4 heteroatoms. The van der Waals surface area contributed by atoms with Crippen LogP contribution >= 0.6 is 0 Å². The van der Waals surface area contributed by atoms with Crippen molar-refractivity contribution in [1.29, 1.82) is 0 Å². The molecule has 4 nitrogen and oxygen atoms in total. The first-order chi connectivity index (χ1) is 7.22. The SMILES string of the molecule is CCc1cc(NC2(C)CCOC2)ncn1.